The lowest BCUT2D eigenvalue weighted by Gasteiger charge is -2.16. The molecule has 8 nitrogen and oxygen atoms in total. The highest BCUT2D eigenvalue weighted by Gasteiger charge is 2.13. The topological polar surface area (TPSA) is 96.7 Å². The molecule has 0 saturated carbocycles. The third-order valence-electron chi connectivity index (χ3n) is 4.94. The van der Waals surface area contributed by atoms with E-state index < -0.39 is 0 Å². The van der Waals surface area contributed by atoms with Crippen molar-refractivity contribution in [2.75, 3.05) is 29.9 Å². The van der Waals surface area contributed by atoms with E-state index in [0.717, 1.165) is 24.5 Å². The second-order valence-corrected chi connectivity index (χ2v) is 7.24. The standard InChI is InChI=1S/C23H24N4O4/c28-22(25-15-17-8-9-21(24-14-17)27-10-1-2-11-27)16-31-19-6-3-5-18(13-19)26-23(29)20-7-4-12-30-20/h3-9,12-14H,1-2,10-11,15-16H2,(H,25,28)(H,26,29). The molecule has 1 saturated heterocycles. The number of amides is 2. The Morgan fingerprint density at radius 3 is 2.71 bits per heavy atom. The molecule has 1 aromatic carbocycles. The lowest BCUT2D eigenvalue weighted by Crippen LogP contribution is -2.28. The zero-order valence-corrected chi connectivity index (χ0v) is 17.0. The minimum absolute atomic E-state index is 0.130. The zero-order valence-electron chi connectivity index (χ0n) is 17.0. The molecule has 3 heterocycles. The molecule has 2 aromatic heterocycles. The molecule has 0 radical (unpaired) electrons. The molecule has 31 heavy (non-hydrogen) atoms. The second-order valence-electron chi connectivity index (χ2n) is 7.24. The third kappa shape index (κ3) is 5.63. The number of carbonyl (C=O) groups is 2. The average molecular weight is 420 g/mol. The number of hydrogen-bond donors (Lipinski definition) is 2. The van der Waals surface area contributed by atoms with Crippen molar-refractivity contribution in [3.8, 4) is 5.75 Å². The van der Waals surface area contributed by atoms with E-state index in [1.807, 2.05) is 12.1 Å². The van der Waals surface area contributed by atoms with E-state index in [2.05, 4.69) is 20.5 Å². The lowest BCUT2D eigenvalue weighted by molar-refractivity contribution is -0.123. The minimum atomic E-state index is -0.357. The Morgan fingerprint density at radius 2 is 1.97 bits per heavy atom. The highest BCUT2D eigenvalue weighted by molar-refractivity contribution is 6.02. The predicted octanol–water partition coefficient (Wildman–Crippen LogP) is 3.22. The van der Waals surface area contributed by atoms with Crippen LogP contribution in [0, 0.1) is 0 Å². The number of carbonyl (C=O) groups excluding carboxylic acids is 2. The largest absolute Gasteiger partial charge is 0.484 e. The molecule has 1 aliphatic rings. The number of nitrogens with one attached hydrogen (secondary N) is 2. The molecule has 4 rings (SSSR count). The normalized spacial score (nSPS) is 13.1. The van der Waals surface area contributed by atoms with Gasteiger partial charge in [-0.25, -0.2) is 4.98 Å². The SMILES string of the molecule is O=C(COc1cccc(NC(=O)c2ccco2)c1)NCc1ccc(N2CCCC2)nc1. The summed E-state index contributed by atoms with van der Waals surface area (Å²) in [5.41, 5.74) is 1.47. The summed E-state index contributed by atoms with van der Waals surface area (Å²) < 4.78 is 10.6. The van der Waals surface area contributed by atoms with E-state index in [1.54, 1.807) is 42.6 Å². The van der Waals surface area contributed by atoms with Crippen LogP contribution in [0.2, 0.25) is 0 Å². The first-order chi connectivity index (χ1) is 15.2. The van der Waals surface area contributed by atoms with Crippen LogP contribution in [0.4, 0.5) is 11.5 Å². The predicted molar refractivity (Wildman–Crippen MR) is 116 cm³/mol. The van der Waals surface area contributed by atoms with Crippen LogP contribution in [-0.2, 0) is 11.3 Å². The molecule has 0 spiro atoms. The van der Waals surface area contributed by atoms with Crippen LogP contribution in [0.3, 0.4) is 0 Å². The molecular weight excluding hydrogens is 396 g/mol. The number of hydrogen-bond acceptors (Lipinski definition) is 6. The fourth-order valence-corrected chi connectivity index (χ4v) is 3.32. The number of rotatable bonds is 8. The van der Waals surface area contributed by atoms with Crippen LogP contribution in [-0.4, -0.2) is 36.5 Å². The summed E-state index contributed by atoms with van der Waals surface area (Å²) in [4.78, 5) is 30.9. The molecule has 1 aliphatic heterocycles. The van der Waals surface area contributed by atoms with Crippen LogP contribution in [0.1, 0.15) is 29.0 Å². The summed E-state index contributed by atoms with van der Waals surface area (Å²) in [6.45, 7) is 2.35. The summed E-state index contributed by atoms with van der Waals surface area (Å²) in [6.07, 6.45) is 5.64. The van der Waals surface area contributed by atoms with E-state index in [0.29, 0.717) is 18.0 Å². The van der Waals surface area contributed by atoms with E-state index in [1.165, 1.54) is 19.1 Å². The Labute approximate surface area is 180 Å². The molecule has 1 fully saturated rings. The van der Waals surface area contributed by atoms with E-state index >= 15 is 0 Å². The maximum atomic E-state index is 12.1. The van der Waals surface area contributed by atoms with Crippen molar-refractivity contribution < 1.29 is 18.7 Å². The monoisotopic (exact) mass is 420 g/mol. The van der Waals surface area contributed by atoms with Crippen molar-refractivity contribution in [2.24, 2.45) is 0 Å². The number of benzene rings is 1. The Balaban J connectivity index is 1.23. The van der Waals surface area contributed by atoms with Crippen LogP contribution in [0.15, 0.2) is 65.4 Å². The summed E-state index contributed by atoms with van der Waals surface area (Å²) >= 11 is 0. The fourth-order valence-electron chi connectivity index (χ4n) is 3.32. The Hall–Kier alpha value is -3.81. The first kappa shape index (κ1) is 20.5. The average Bonchev–Trinajstić information content (AvgIpc) is 3.51. The van der Waals surface area contributed by atoms with Gasteiger partial charge in [-0.2, -0.15) is 0 Å². The van der Waals surface area contributed by atoms with Gasteiger partial charge in [-0.05, 0) is 48.7 Å². The van der Waals surface area contributed by atoms with Gasteiger partial charge in [0.1, 0.15) is 11.6 Å². The molecule has 3 aromatic rings. The van der Waals surface area contributed by atoms with Crippen molar-refractivity contribution in [3.63, 3.8) is 0 Å². The van der Waals surface area contributed by atoms with E-state index in [4.69, 9.17) is 9.15 Å². The molecule has 2 N–H and O–H groups in total. The van der Waals surface area contributed by atoms with Gasteiger partial charge in [-0.1, -0.05) is 12.1 Å². The van der Waals surface area contributed by atoms with Gasteiger partial charge in [0.25, 0.3) is 11.8 Å². The lowest BCUT2D eigenvalue weighted by atomic mass is 10.2. The van der Waals surface area contributed by atoms with E-state index in [-0.39, 0.29) is 24.2 Å². The zero-order chi connectivity index (χ0) is 21.5. The highest BCUT2D eigenvalue weighted by atomic mass is 16.5. The van der Waals surface area contributed by atoms with Gasteiger partial charge in [0.05, 0.1) is 6.26 Å². The van der Waals surface area contributed by atoms with Crippen LogP contribution >= 0.6 is 0 Å². The van der Waals surface area contributed by atoms with Crippen molar-refractivity contribution in [3.05, 3.63) is 72.3 Å². The van der Waals surface area contributed by atoms with Gasteiger partial charge in [-0.15, -0.1) is 0 Å². The maximum absolute atomic E-state index is 12.1. The number of nitrogens with zero attached hydrogens (tertiary/aromatic N) is 2. The summed E-state index contributed by atoms with van der Waals surface area (Å²) in [6, 6.07) is 14.0. The fraction of sp³-hybridized carbons (Fsp3) is 0.261. The van der Waals surface area contributed by atoms with Crippen molar-refractivity contribution in [2.45, 2.75) is 19.4 Å². The van der Waals surface area contributed by atoms with Crippen molar-refractivity contribution in [1.29, 1.82) is 0 Å². The van der Waals surface area contributed by atoms with Crippen LogP contribution in [0.25, 0.3) is 0 Å². The molecule has 0 bridgehead atoms. The number of anilines is 2. The van der Waals surface area contributed by atoms with Crippen molar-refractivity contribution in [1.82, 2.24) is 10.3 Å². The maximum Gasteiger partial charge on any atom is 0.291 e. The van der Waals surface area contributed by atoms with Gasteiger partial charge in [0.15, 0.2) is 12.4 Å². The number of pyridine rings is 1. The number of ether oxygens (including phenoxy) is 1. The summed E-state index contributed by atoms with van der Waals surface area (Å²) in [5.74, 6) is 1.07. The molecule has 0 atom stereocenters. The summed E-state index contributed by atoms with van der Waals surface area (Å²) in [5, 5.41) is 5.54. The number of furan rings is 1. The molecule has 0 aliphatic carbocycles. The van der Waals surface area contributed by atoms with Gasteiger partial charge in [0.2, 0.25) is 0 Å². The Kier molecular flexibility index (Phi) is 6.47. The van der Waals surface area contributed by atoms with Gasteiger partial charge in [-0.3, -0.25) is 9.59 Å². The second kappa shape index (κ2) is 9.80. The van der Waals surface area contributed by atoms with Crippen LogP contribution in [0.5, 0.6) is 5.75 Å². The molecule has 8 heteroatoms. The first-order valence-electron chi connectivity index (χ1n) is 10.2. The molecule has 0 unspecified atom stereocenters. The number of aromatic nitrogens is 1. The minimum Gasteiger partial charge on any atom is -0.484 e. The highest BCUT2D eigenvalue weighted by Crippen LogP contribution is 2.19. The molecule has 160 valence electrons. The van der Waals surface area contributed by atoms with Gasteiger partial charge in [0, 0.05) is 37.6 Å². The first-order valence-corrected chi connectivity index (χ1v) is 10.2. The third-order valence-corrected chi connectivity index (χ3v) is 4.94. The van der Waals surface area contributed by atoms with Crippen molar-refractivity contribution >= 4 is 23.3 Å². The van der Waals surface area contributed by atoms with Gasteiger partial charge >= 0.3 is 0 Å². The molecule has 2 amide bonds. The Morgan fingerprint density at radius 1 is 1.10 bits per heavy atom. The van der Waals surface area contributed by atoms with Gasteiger partial charge < -0.3 is 24.7 Å². The smallest absolute Gasteiger partial charge is 0.291 e. The van der Waals surface area contributed by atoms with E-state index in [9.17, 15) is 9.59 Å². The summed E-state index contributed by atoms with van der Waals surface area (Å²) in [7, 11) is 0. The molecular formula is C23H24N4O4. The van der Waals surface area contributed by atoms with Crippen LogP contribution < -0.4 is 20.3 Å². The quantitative estimate of drug-likeness (QED) is 0.581. The Bertz CT molecular complexity index is 1010.